The van der Waals surface area contributed by atoms with Crippen molar-refractivity contribution in [2.45, 2.75) is 51.7 Å². The van der Waals surface area contributed by atoms with Crippen LogP contribution in [0.1, 0.15) is 51.2 Å². The molecule has 0 aromatic heterocycles. The summed E-state index contributed by atoms with van der Waals surface area (Å²) < 4.78 is 5.22. The van der Waals surface area contributed by atoms with Crippen molar-refractivity contribution in [1.82, 2.24) is 15.5 Å². The monoisotopic (exact) mass is 376 g/mol. The van der Waals surface area contributed by atoms with Gasteiger partial charge in [-0.3, -0.25) is 9.89 Å². The molecule has 0 aliphatic carbocycles. The topological polar surface area (TPSA) is 69.1 Å². The third-order valence-electron chi connectivity index (χ3n) is 5.16. The SMILES string of the molecule is CCNC(=NCC(O)c1cccc(OC)c1)NCCN1CCCCC1CC. The number of hydrogen-bond donors (Lipinski definition) is 3. The smallest absolute Gasteiger partial charge is 0.191 e. The lowest BCUT2D eigenvalue weighted by atomic mass is 10.0. The van der Waals surface area contributed by atoms with Gasteiger partial charge in [-0.05, 0) is 50.4 Å². The Kier molecular flexibility index (Phi) is 9.42. The quantitative estimate of drug-likeness (QED) is 0.456. The zero-order valence-electron chi connectivity index (χ0n) is 17.1. The van der Waals surface area contributed by atoms with E-state index >= 15 is 0 Å². The van der Waals surface area contributed by atoms with Crippen LogP contribution in [0, 0.1) is 0 Å². The standard InChI is InChI=1S/C21H36N4O2/c1-4-18-10-6-7-13-25(18)14-12-23-21(22-5-2)24-16-20(26)17-9-8-11-19(15-17)27-3/h8-9,11,15,18,20,26H,4-7,10,12-14,16H2,1-3H3,(H2,22,23,24). The summed E-state index contributed by atoms with van der Waals surface area (Å²) in [6.07, 6.45) is 4.55. The molecule has 2 unspecified atom stereocenters. The number of nitrogens with one attached hydrogen (secondary N) is 2. The van der Waals surface area contributed by atoms with Crippen LogP contribution in [0.2, 0.25) is 0 Å². The van der Waals surface area contributed by atoms with Crippen LogP contribution in [0.3, 0.4) is 0 Å². The number of methoxy groups -OCH3 is 1. The number of aliphatic imine (C=N–C) groups is 1. The number of rotatable bonds is 9. The molecule has 0 bridgehead atoms. The van der Waals surface area contributed by atoms with Crippen molar-refractivity contribution in [2.24, 2.45) is 4.99 Å². The Morgan fingerprint density at radius 3 is 2.93 bits per heavy atom. The van der Waals surface area contributed by atoms with E-state index in [1.54, 1.807) is 7.11 Å². The molecule has 2 atom stereocenters. The van der Waals surface area contributed by atoms with Crippen molar-refractivity contribution in [3.8, 4) is 5.75 Å². The minimum Gasteiger partial charge on any atom is -0.497 e. The number of hydrogen-bond acceptors (Lipinski definition) is 4. The number of nitrogens with zero attached hydrogens (tertiary/aromatic N) is 2. The summed E-state index contributed by atoms with van der Waals surface area (Å²) in [5.74, 6) is 1.50. The molecule has 1 aliphatic rings. The first-order valence-electron chi connectivity index (χ1n) is 10.3. The first-order chi connectivity index (χ1) is 13.2. The summed E-state index contributed by atoms with van der Waals surface area (Å²) >= 11 is 0. The summed E-state index contributed by atoms with van der Waals surface area (Å²) in [5.41, 5.74) is 0.813. The molecule has 0 amide bonds. The second-order valence-corrected chi connectivity index (χ2v) is 7.03. The van der Waals surface area contributed by atoms with E-state index in [1.165, 1.54) is 32.2 Å². The molecule has 0 spiro atoms. The molecule has 1 fully saturated rings. The fourth-order valence-electron chi connectivity index (χ4n) is 3.61. The van der Waals surface area contributed by atoms with E-state index < -0.39 is 6.10 Å². The van der Waals surface area contributed by atoms with Crippen molar-refractivity contribution >= 4 is 5.96 Å². The van der Waals surface area contributed by atoms with Gasteiger partial charge in [0.2, 0.25) is 0 Å². The van der Waals surface area contributed by atoms with Gasteiger partial charge in [-0.1, -0.05) is 25.5 Å². The predicted molar refractivity (Wildman–Crippen MR) is 111 cm³/mol. The lowest BCUT2D eigenvalue weighted by molar-refractivity contribution is 0.147. The number of ether oxygens (including phenoxy) is 1. The van der Waals surface area contributed by atoms with Crippen molar-refractivity contribution < 1.29 is 9.84 Å². The maximum atomic E-state index is 10.4. The molecule has 1 aliphatic heterocycles. The molecule has 1 heterocycles. The lowest BCUT2D eigenvalue weighted by Gasteiger charge is -2.35. The maximum absolute atomic E-state index is 10.4. The largest absolute Gasteiger partial charge is 0.497 e. The molecule has 152 valence electrons. The van der Waals surface area contributed by atoms with Crippen LogP contribution in [0.5, 0.6) is 5.75 Å². The van der Waals surface area contributed by atoms with E-state index in [0.29, 0.717) is 6.54 Å². The normalized spacial score (nSPS) is 19.6. The van der Waals surface area contributed by atoms with Gasteiger partial charge in [-0.25, -0.2) is 0 Å². The average Bonchev–Trinajstić information content (AvgIpc) is 2.72. The van der Waals surface area contributed by atoms with Crippen molar-refractivity contribution in [1.29, 1.82) is 0 Å². The second-order valence-electron chi connectivity index (χ2n) is 7.03. The summed E-state index contributed by atoms with van der Waals surface area (Å²) in [5, 5.41) is 17.1. The van der Waals surface area contributed by atoms with Crippen LogP contribution in [-0.4, -0.2) is 61.8 Å². The van der Waals surface area contributed by atoms with Crippen LogP contribution in [0.15, 0.2) is 29.3 Å². The molecule has 2 rings (SSSR count). The minimum absolute atomic E-state index is 0.309. The highest BCUT2D eigenvalue weighted by molar-refractivity contribution is 5.79. The van der Waals surface area contributed by atoms with E-state index in [0.717, 1.165) is 42.9 Å². The summed E-state index contributed by atoms with van der Waals surface area (Å²) in [6, 6.07) is 8.21. The minimum atomic E-state index is -0.651. The zero-order valence-corrected chi connectivity index (χ0v) is 17.1. The van der Waals surface area contributed by atoms with Crippen molar-refractivity contribution in [2.75, 3.05) is 39.8 Å². The molecule has 1 aromatic rings. The van der Waals surface area contributed by atoms with Gasteiger partial charge < -0.3 is 20.5 Å². The van der Waals surface area contributed by atoms with Crippen molar-refractivity contribution in [3.63, 3.8) is 0 Å². The van der Waals surface area contributed by atoms with Crippen LogP contribution in [0.25, 0.3) is 0 Å². The number of aliphatic hydroxyl groups is 1. The highest BCUT2D eigenvalue weighted by atomic mass is 16.5. The predicted octanol–water partition coefficient (Wildman–Crippen LogP) is 2.55. The number of likely N-dealkylation sites (tertiary alicyclic amines) is 1. The fourth-order valence-corrected chi connectivity index (χ4v) is 3.61. The first kappa shape index (κ1) is 21.5. The molecule has 27 heavy (non-hydrogen) atoms. The van der Waals surface area contributed by atoms with Gasteiger partial charge in [-0.15, -0.1) is 0 Å². The Morgan fingerprint density at radius 1 is 1.33 bits per heavy atom. The average molecular weight is 377 g/mol. The second kappa shape index (κ2) is 11.8. The molecular weight excluding hydrogens is 340 g/mol. The van der Waals surface area contributed by atoms with Gasteiger partial charge in [-0.2, -0.15) is 0 Å². The lowest BCUT2D eigenvalue weighted by Crippen LogP contribution is -2.46. The molecule has 6 nitrogen and oxygen atoms in total. The third-order valence-corrected chi connectivity index (χ3v) is 5.16. The number of aliphatic hydroxyl groups excluding tert-OH is 1. The molecule has 1 aromatic carbocycles. The molecule has 0 radical (unpaired) electrons. The van der Waals surface area contributed by atoms with Gasteiger partial charge in [0.25, 0.3) is 0 Å². The molecule has 1 saturated heterocycles. The Labute approximate surface area is 164 Å². The van der Waals surface area contributed by atoms with Gasteiger partial charge in [0.05, 0.1) is 19.8 Å². The zero-order chi connectivity index (χ0) is 19.5. The molecule has 3 N–H and O–H groups in total. The molecular formula is C21H36N4O2. The first-order valence-corrected chi connectivity index (χ1v) is 10.3. The number of piperidine rings is 1. The van der Waals surface area contributed by atoms with Gasteiger partial charge >= 0.3 is 0 Å². The third kappa shape index (κ3) is 7.03. The van der Waals surface area contributed by atoms with Gasteiger partial charge in [0.1, 0.15) is 5.75 Å². The number of guanidine groups is 1. The van der Waals surface area contributed by atoms with E-state index in [9.17, 15) is 5.11 Å². The van der Waals surface area contributed by atoms with E-state index in [2.05, 4.69) is 27.4 Å². The van der Waals surface area contributed by atoms with Crippen molar-refractivity contribution in [3.05, 3.63) is 29.8 Å². The Hall–Kier alpha value is -1.79. The van der Waals surface area contributed by atoms with E-state index in [4.69, 9.17) is 4.74 Å². The van der Waals surface area contributed by atoms with Crippen LogP contribution < -0.4 is 15.4 Å². The van der Waals surface area contributed by atoms with E-state index in [-0.39, 0.29) is 0 Å². The Balaban J connectivity index is 1.85. The molecule has 6 heteroatoms. The van der Waals surface area contributed by atoms with Crippen LogP contribution >= 0.6 is 0 Å². The van der Waals surface area contributed by atoms with Gasteiger partial charge in [0.15, 0.2) is 5.96 Å². The summed E-state index contributed by atoms with van der Waals surface area (Å²) in [6.45, 7) is 8.52. The van der Waals surface area contributed by atoms with Crippen LogP contribution in [-0.2, 0) is 0 Å². The summed E-state index contributed by atoms with van der Waals surface area (Å²) in [4.78, 5) is 7.14. The van der Waals surface area contributed by atoms with Gasteiger partial charge in [0, 0.05) is 25.7 Å². The van der Waals surface area contributed by atoms with Crippen LogP contribution in [0.4, 0.5) is 0 Å². The Bertz CT molecular complexity index is 579. The fraction of sp³-hybridized carbons (Fsp3) is 0.667. The maximum Gasteiger partial charge on any atom is 0.191 e. The Morgan fingerprint density at radius 2 is 2.19 bits per heavy atom. The highest BCUT2D eigenvalue weighted by Gasteiger charge is 2.20. The molecule has 0 saturated carbocycles. The van der Waals surface area contributed by atoms with E-state index in [1.807, 2.05) is 31.2 Å². The summed E-state index contributed by atoms with van der Waals surface area (Å²) in [7, 11) is 1.63. The highest BCUT2D eigenvalue weighted by Crippen LogP contribution is 2.19. The number of benzene rings is 1.